The highest BCUT2D eigenvalue weighted by Gasteiger charge is 2.12. The van der Waals surface area contributed by atoms with Gasteiger partial charge in [-0.05, 0) is 32.9 Å². The zero-order chi connectivity index (χ0) is 13.9. The Labute approximate surface area is 114 Å². The van der Waals surface area contributed by atoms with E-state index in [4.69, 9.17) is 0 Å². The second-order valence-electron chi connectivity index (χ2n) is 5.73. The van der Waals surface area contributed by atoms with Gasteiger partial charge in [0.15, 0.2) is 5.78 Å². The van der Waals surface area contributed by atoms with Gasteiger partial charge in [0.2, 0.25) is 0 Å². The lowest BCUT2D eigenvalue weighted by Gasteiger charge is -2.20. The minimum Gasteiger partial charge on any atom is -0.312 e. The predicted octanol–water partition coefficient (Wildman–Crippen LogP) is 3.20. The van der Waals surface area contributed by atoms with Crippen molar-refractivity contribution in [3.05, 3.63) is 42.1 Å². The molecule has 0 saturated carbocycles. The zero-order valence-electron chi connectivity index (χ0n) is 11.7. The third-order valence-electron chi connectivity index (χ3n) is 2.95. The first-order valence-electron chi connectivity index (χ1n) is 6.59. The van der Waals surface area contributed by atoms with Gasteiger partial charge in [-0.25, -0.2) is 0 Å². The predicted molar refractivity (Wildman–Crippen MR) is 78.4 cm³/mol. The highest BCUT2D eigenvalue weighted by molar-refractivity contribution is 6.07. The minimum absolute atomic E-state index is 0.0423. The van der Waals surface area contributed by atoms with E-state index in [0.717, 1.165) is 16.5 Å². The second-order valence-corrected chi connectivity index (χ2v) is 5.73. The minimum atomic E-state index is 0.0423. The SMILES string of the molecule is CC(C)(C)NCCC(=O)c1cccc2ncccc12. The molecule has 19 heavy (non-hydrogen) atoms. The standard InChI is InChI=1S/C16H20N2O/c1-16(2,3)18-11-9-15(19)13-6-4-8-14-12(13)7-5-10-17-14/h4-8,10,18H,9,11H2,1-3H3. The number of benzene rings is 1. The van der Waals surface area contributed by atoms with Crippen molar-refractivity contribution >= 4 is 16.7 Å². The van der Waals surface area contributed by atoms with Crippen molar-refractivity contribution in [1.29, 1.82) is 0 Å². The molecule has 0 fully saturated rings. The third kappa shape index (κ3) is 3.61. The van der Waals surface area contributed by atoms with Gasteiger partial charge in [-0.1, -0.05) is 18.2 Å². The lowest BCUT2D eigenvalue weighted by molar-refractivity contribution is 0.0982. The molecule has 0 radical (unpaired) electrons. The van der Waals surface area contributed by atoms with Crippen molar-refractivity contribution in [3.63, 3.8) is 0 Å². The molecule has 2 rings (SSSR count). The quantitative estimate of drug-likeness (QED) is 0.854. The molecular formula is C16H20N2O. The van der Waals surface area contributed by atoms with Gasteiger partial charge in [0, 0.05) is 35.7 Å². The maximum atomic E-state index is 12.3. The van der Waals surface area contributed by atoms with E-state index >= 15 is 0 Å². The summed E-state index contributed by atoms with van der Waals surface area (Å²) in [5.74, 6) is 0.162. The molecule has 0 saturated heterocycles. The van der Waals surface area contributed by atoms with Crippen LogP contribution in [0.1, 0.15) is 37.6 Å². The first-order chi connectivity index (χ1) is 8.97. The Morgan fingerprint density at radius 1 is 1.21 bits per heavy atom. The number of hydrogen-bond acceptors (Lipinski definition) is 3. The molecule has 3 heteroatoms. The Kier molecular flexibility index (Phi) is 3.96. The summed E-state index contributed by atoms with van der Waals surface area (Å²) < 4.78 is 0. The summed E-state index contributed by atoms with van der Waals surface area (Å²) >= 11 is 0. The van der Waals surface area contributed by atoms with E-state index in [9.17, 15) is 4.79 Å². The summed E-state index contributed by atoms with van der Waals surface area (Å²) in [4.78, 5) is 16.6. The van der Waals surface area contributed by atoms with Gasteiger partial charge in [0.1, 0.15) is 0 Å². The van der Waals surface area contributed by atoms with Gasteiger partial charge in [-0.15, -0.1) is 0 Å². The van der Waals surface area contributed by atoms with Crippen molar-refractivity contribution in [2.45, 2.75) is 32.7 Å². The molecule has 0 aliphatic rings. The third-order valence-corrected chi connectivity index (χ3v) is 2.95. The Bertz CT molecular complexity index is 579. The number of ketones is 1. The van der Waals surface area contributed by atoms with E-state index in [0.29, 0.717) is 13.0 Å². The smallest absolute Gasteiger partial charge is 0.164 e. The van der Waals surface area contributed by atoms with E-state index in [-0.39, 0.29) is 11.3 Å². The molecule has 1 heterocycles. The van der Waals surface area contributed by atoms with Crippen LogP contribution in [0.4, 0.5) is 0 Å². The van der Waals surface area contributed by atoms with Gasteiger partial charge in [-0.2, -0.15) is 0 Å². The number of aromatic nitrogens is 1. The summed E-state index contributed by atoms with van der Waals surface area (Å²) in [5.41, 5.74) is 1.68. The van der Waals surface area contributed by atoms with E-state index in [1.54, 1.807) is 6.20 Å². The average molecular weight is 256 g/mol. The molecule has 2 aromatic rings. The van der Waals surface area contributed by atoms with Crippen molar-refractivity contribution in [3.8, 4) is 0 Å². The molecule has 0 aliphatic heterocycles. The molecule has 0 atom stereocenters. The van der Waals surface area contributed by atoms with Gasteiger partial charge < -0.3 is 5.32 Å². The van der Waals surface area contributed by atoms with Crippen molar-refractivity contribution < 1.29 is 4.79 Å². The molecule has 1 aromatic heterocycles. The molecule has 0 unspecified atom stereocenters. The van der Waals surface area contributed by atoms with E-state index in [2.05, 4.69) is 31.1 Å². The van der Waals surface area contributed by atoms with E-state index < -0.39 is 0 Å². The first kappa shape index (κ1) is 13.7. The van der Waals surface area contributed by atoms with Gasteiger partial charge in [0.05, 0.1) is 5.52 Å². The largest absolute Gasteiger partial charge is 0.312 e. The number of carbonyl (C=O) groups is 1. The highest BCUT2D eigenvalue weighted by atomic mass is 16.1. The summed E-state index contributed by atoms with van der Waals surface area (Å²) in [5, 5.41) is 4.27. The van der Waals surface area contributed by atoms with Crippen LogP contribution in [0.2, 0.25) is 0 Å². The monoisotopic (exact) mass is 256 g/mol. The Balaban J connectivity index is 2.14. The lowest BCUT2D eigenvalue weighted by atomic mass is 10.0. The lowest BCUT2D eigenvalue weighted by Crippen LogP contribution is -2.37. The summed E-state index contributed by atoms with van der Waals surface area (Å²) in [6.45, 7) is 6.98. The maximum absolute atomic E-state index is 12.3. The van der Waals surface area contributed by atoms with Crippen LogP contribution in [-0.2, 0) is 0 Å². The molecule has 0 amide bonds. The van der Waals surface area contributed by atoms with Gasteiger partial charge in [-0.3, -0.25) is 9.78 Å². The summed E-state index contributed by atoms with van der Waals surface area (Å²) in [6.07, 6.45) is 2.25. The number of Topliss-reactive ketones (excluding diaryl/α,β-unsaturated/α-hetero) is 1. The van der Waals surface area contributed by atoms with Crippen LogP contribution >= 0.6 is 0 Å². The number of nitrogens with one attached hydrogen (secondary N) is 1. The van der Waals surface area contributed by atoms with Crippen molar-refractivity contribution in [1.82, 2.24) is 10.3 Å². The fourth-order valence-electron chi connectivity index (χ4n) is 2.03. The fourth-order valence-corrected chi connectivity index (χ4v) is 2.03. The Hall–Kier alpha value is -1.74. The summed E-state index contributed by atoms with van der Waals surface area (Å²) in [7, 11) is 0. The molecule has 100 valence electrons. The molecule has 3 nitrogen and oxygen atoms in total. The highest BCUT2D eigenvalue weighted by Crippen LogP contribution is 2.17. The van der Waals surface area contributed by atoms with Gasteiger partial charge >= 0.3 is 0 Å². The van der Waals surface area contributed by atoms with Crippen molar-refractivity contribution in [2.24, 2.45) is 0 Å². The average Bonchev–Trinajstić information content (AvgIpc) is 2.36. The van der Waals surface area contributed by atoms with Crippen molar-refractivity contribution in [2.75, 3.05) is 6.54 Å². The number of fused-ring (bicyclic) bond motifs is 1. The van der Waals surface area contributed by atoms with Crippen LogP contribution in [0, 0.1) is 0 Å². The molecule has 1 aromatic carbocycles. The molecule has 0 aliphatic carbocycles. The topological polar surface area (TPSA) is 42.0 Å². The number of rotatable bonds is 4. The van der Waals surface area contributed by atoms with Crippen LogP contribution in [0.3, 0.4) is 0 Å². The van der Waals surface area contributed by atoms with Crippen LogP contribution in [0.5, 0.6) is 0 Å². The van der Waals surface area contributed by atoms with Crippen LogP contribution in [0.15, 0.2) is 36.5 Å². The second kappa shape index (κ2) is 5.49. The number of pyridine rings is 1. The Morgan fingerprint density at radius 3 is 2.74 bits per heavy atom. The summed E-state index contributed by atoms with van der Waals surface area (Å²) in [6, 6.07) is 9.52. The Morgan fingerprint density at radius 2 is 2.00 bits per heavy atom. The zero-order valence-corrected chi connectivity index (χ0v) is 11.7. The molecule has 1 N–H and O–H groups in total. The van der Waals surface area contributed by atoms with Crippen LogP contribution < -0.4 is 5.32 Å². The number of hydrogen-bond donors (Lipinski definition) is 1. The maximum Gasteiger partial charge on any atom is 0.164 e. The molecule has 0 spiro atoms. The fraction of sp³-hybridized carbons (Fsp3) is 0.375. The number of carbonyl (C=O) groups excluding carboxylic acids is 1. The molecule has 0 bridgehead atoms. The first-order valence-corrected chi connectivity index (χ1v) is 6.59. The van der Waals surface area contributed by atoms with E-state index in [1.165, 1.54) is 0 Å². The normalized spacial score (nSPS) is 11.7. The van der Waals surface area contributed by atoms with Gasteiger partial charge in [0.25, 0.3) is 0 Å². The van der Waals surface area contributed by atoms with E-state index in [1.807, 2.05) is 30.3 Å². The number of nitrogens with zero attached hydrogens (tertiary/aromatic N) is 1. The molecular weight excluding hydrogens is 236 g/mol. The van der Waals surface area contributed by atoms with Crippen LogP contribution in [-0.4, -0.2) is 22.9 Å². The van der Waals surface area contributed by atoms with Crippen LogP contribution in [0.25, 0.3) is 10.9 Å².